The van der Waals surface area contributed by atoms with E-state index in [4.69, 9.17) is 9.47 Å². The number of likely N-dealkylation sites (tertiary alicyclic amines) is 1. The minimum absolute atomic E-state index is 0.00429. The molecule has 0 spiro atoms. The van der Waals surface area contributed by atoms with Crippen LogP contribution in [0.1, 0.15) is 49.3 Å². The lowest BCUT2D eigenvalue weighted by atomic mass is 9.66. The van der Waals surface area contributed by atoms with E-state index >= 15 is 0 Å². The van der Waals surface area contributed by atoms with Crippen molar-refractivity contribution < 1.29 is 19.4 Å². The number of aliphatic hydroxyl groups is 1. The fourth-order valence-corrected chi connectivity index (χ4v) is 5.20. The summed E-state index contributed by atoms with van der Waals surface area (Å²) in [7, 11) is 3.29. The number of ether oxygens (including phenoxy) is 2. The van der Waals surface area contributed by atoms with Crippen LogP contribution in [0.2, 0.25) is 0 Å². The number of carbonyl (C=O) groups is 1. The SMILES string of the molecule is COc1ccc(/C=C/C(=O)N2CC[C@]3(O)CCCC[C@@H]3[C@@H]2c2ccccc2OC)cc1. The van der Waals surface area contributed by atoms with Gasteiger partial charge in [0.05, 0.1) is 25.9 Å². The highest BCUT2D eigenvalue weighted by Crippen LogP contribution is 2.50. The number of para-hydroxylation sites is 1. The number of nitrogens with zero attached hydrogens (tertiary/aromatic N) is 1. The standard InChI is InChI=1S/C26H31NO4/c1-30-20-13-10-19(11-14-20)12-15-24(28)27-18-17-26(29)16-6-5-8-22(26)25(27)21-7-3-4-9-23(21)31-2/h3-4,7,9-15,22,25,29H,5-6,8,16-18H2,1-2H3/b15-12+/t22-,25+,26-/m1/s1. The molecule has 0 aromatic heterocycles. The maximum atomic E-state index is 13.3. The predicted molar refractivity (Wildman–Crippen MR) is 121 cm³/mol. The van der Waals surface area contributed by atoms with E-state index in [0.29, 0.717) is 13.0 Å². The van der Waals surface area contributed by atoms with Gasteiger partial charge in [0.1, 0.15) is 11.5 Å². The zero-order chi connectivity index (χ0) is 21.8. The first-order valence-corrected chi connectivity index (χ1v) is 11.0. The Morgan fingerprint density at radius 2 is 1.84 bits per heavy atom. The fourth-order valence-electron chi connectivity index (χ4n) is 5.20. The smallest absolute Gasteiger partial charge is 0.247 e. The normalized spacial score (nSPS) is 25.8. The molecule has 164 valence electrons. The molecule has 2 aliphatic rings. The lowest BCUT2D eigenvalue weighted by molar-refractivity contribution is -0.151. The van der Waals surface area contributed by atoms with E-state index in [0.717, 1.165) is 48.3 Å². The van der Waals surface area contributed by atoms with E-state index < -0.39 is 5.60 Å². The molecule has 5 nitrogen and oxygen atoms in total. The zero-order valence-corrected chi connectivity index (χ0v) is 18.3. The number of amides is 1. The third kappa shape index (κ3) is 4.33. The van der Waals surface area contributed by atoms with E-state index in [1.165, 1.54) is 0 Å². The molecule has 1 aliphatic carbocycles. The maximum absolute atomic E-state index is 13.3. The summed E-state index contributed by atoms with van der Waals surface area (Å²) in [4.78, 5) is 15.3. The number of rotatable bonds is 5. The topological polar surface area (TPSA) is 59.0 Å². The van der Waals surface area contributed by atoms with Crippen molar-refractivity contribution in [1.82, 2.24) is 4.90 Å². The first-order valence-electron chi connectivity index (χ1n) is 11.0. The molecule has 0 bridgehead atoms. The van der Waals surface area contributed by atoms with Gasteiger partial charge in [-0.1, -0.05) is 43.2 Å². The average Bonchev–Trinajstić information content (AvgIpc) is 2.81. The van der Waals surface area contributed by atoms with Crippen molar-refractivity contribution in [2.75, 3.05) is 20.8 Å². The van der Waals surface area contributed by atoms with E-state index in [1.807, 2.05) is 59.5 Å². The number of hydrogen-bond donors (Lipinski definition) is 1. The van der Waals surface area contributed by atoms with Gasteiger partial charge in [0.2, 0.25) is 5.91 Å². The van der Waals surface area contributed by atoms with Gasteiger partial charge in [0.25, 0.3) is 0 Å². The zero-order valence-electron chi connectivity index (χ0n) is 18.3. The summed E-state index contributed by atoms with van der Waals surface area (Å²) >= 11 is 0. The molecule has 2 aromatic rings. The number of carbonyl (C=O) groups excluding carboxylic acids is 1. The molecule has 1 aliphatic heterocycles. The minimum Gasteiger partial charge on any atom is -0.497 e. The summed E-state index contributed by atoms with van der Waals surface area (Å²) < 4.78 is 10.8. The van der Waals surface area contributed by atoms with E-state index in [-0.39, 0.29) is 17.9 Å². The monoisotopic (exact) mass is 421 g/mol. The van der Waals surface area contributed by atoms with Gasteiger partial charge in [-0.25, -0.2) is 0 Å². The third-order valence-corrected chi connectivity index (χ3v) is 6.84. The Kier molecular flexibility index (Phi) is 6.33. The molecule has 1 saturated carbocycles. The largest absolute Gasteiger partial charge is 0.497 e. The van der Waals surface area contributed by atoms with Gasteiger partial charge < -0.3 is 19.5 Å². The van der Waals surface area contributed by atoms with Crippen LogP contribution in [0.25, 0.3) is 6.08 Å². The molecule has 1 amide bonds. The van der Waals surface area contributed by atoms with Crippen molar-refractivity contribution in [3.05, 3.63) is 65.7 Å². The summed E-state index contributed by atoms with van der Waals surface area (Å²) in [5.74, 6) is 1.51. The molecule has 1 saturated heterocycles. The molecule has 5 heteroatoms. The van der Waals surface area contributed by atoms with Crippen LogP contribution in [-0.2, 0) is 4.79 Å². The summed E-state index contributed by atoms with van der Waals surface area (Å²) in [5, 5.41) is 11.4. The Labute approximate surface area is 184 Å². The Balaban J connectivity index is 1.65. The second-order valence-electron chi connectivity index (χ2n) is 8.53. The van der Waals surface area contributed by atoms with Crippen LogP contribution in [0.3, 0.4) is 0 Å². The maximum Gasteiger partial charge on any atom is 0.247 e. The molecule has 1 N–H and O–H groups in total. The van der Waals surface area contributed by atoms with Crippen LogP contribution in [0.4, 0.5) is 0 Å². The van der Waals surface area contributed by atoms with Crippen molar-refractivity contribution in [2.45, 2.75) is 43.7 Å². The first kappa shape index (κ1) is 21.4. The molecule has 2 fully saturated rings. The van der Waals surface area contributed by atoms with Gasteiger partial charge >= 0.3 is 0 Å². The lowest BCUT2D eigenvalue weighted by Gasteiger charge is -2.52. The summed E-state index contributed by atoms with van der Waals surface area (Å²) in [5.41, 5.74) is 1.19. The Bertz CT molecular complexity index is 939. The number of hydrogen-bond acceptors (Lipinski definition) is 4. The molecule has 0 unspecified atom stereocenters. The second-order valence-corrected chi connectivity index (χ2v) is 8.53. The van der Waals surface area contributed by atoms with Gasteiger partial charge in [-0.05, 0) is 49.1 Å². The molecule has 0 radical (unpaired) electrons. The Hall–Kier alpha value is -2.79. The van der Waals surface area contributed by atoms with Gasteiger partial charge in [-0.2, -0.15) is 0 Å². The van der Waals surface area contributed by atoms with Crippen LogP contribution < -0.4 is 9.47 Å². The quantitative estimate of drug-likeness (QED) is 0.716. The van der Waals surface area contributed by atoms with E-state index in [2.05, 4.69) is 0 Å². The highest BCUT2D eigenvalue weighted by Gasteiger charge is 2.50. The average molecular weight is 422 g/mol. The molecule has 2 aromatic carbocycles. The molecular formula is C26H31NO4. The summed E-state index contributed by atoms with van der Waals surface area (Å²) in [6.45, 7) is 0.529. The van der Waals surface area contributed by atoms with Gasteiger partial charge in [-0.3, -0.25) is 4.79 Å². The van der Waals surface area contributed by atoms with Crippen LogP contribution in [0, 0.1) is 5.92 Å². The van der Waals surface area contributed by atoms with Crippen molar-refractivity contribution in [3.63, 3.8) is 0 Å². The molecular weight excluding hydrogens is 390 g/mol. The Morgan fingerprint density at radius 1 is 1.06 bits per heavy atom. The van der Waals surface area contributed by atoms with Crippen LogP contribution in [0.5, 0.6) is 11.5 Å². The van der Waals surface area contributed by atoms with Gasteiger partial charge in [0, 0.05) is 24.1 Å². The molecule has 4 rings (SSSR count). The van der Waals surface area contributed by atoms with Crippen molar-refractivity contribution >= 4 is 12.0 Å². The van der Waals surface area contributed by atoms with Crippen molar-refractivity contribution in [2.24, 2.45) is 5.92 Å². The van der Waals surface area contributed by atoms with Crippen LogP contribution in [0.15, 0.2) is 54.6 Å². The van der Waals surface area contributed by atoms with Gasteiger partial charge in [-0.15, -0.1) is 0 Å². The summed E-state index contributed by atoms with van der Waals surface area (Å²) in [6.07, 6.45) is 7.91. The molecule has 3 atom stereocenters. The molecule has 31 heavy (non-hydrogen) atoms. The number of benzene rings is 2. The minimum atomic E-state index is -0.722. The Morgan fingerprint density at radius 3 is 2.58 bits per heavy atom. The van der Waals surface area contributed by atoms with Gasteiger partial charge in [0.15, 0.2) is 0 Å². The predicted octanol–water partition coefficient (Wildman–Crippen LogP) is 4.61. The number of piperidine rings is 1. The van der Waals surface area contributed by atoms with Crippen molar-refractivity contribution in [1.29, 1.82) is 0 Å². The number of methoxy groups -OCH3 is 2. The fraction of sp³-hybridized carbons (Fsp3) is 0.423. The summed E-state index contributed by atoms with van der Waals surface area (Å²) in [6, 6.07) is 15.3. The molecule has 1 heterocycles. The van der Waals surface area contributed by atoms with E-state index in [1.54, 1.807) is 20.3 Å². The number of fused-ring (bicyclic) bond motifs is 1. The lowest BCUT2D eigenvalue weighted by Crippen LogP contribution is -2.56. The third-order valence-electron chi connectivity index (χ3n) is 6.84. The van der Waals surface area contributed by atoms with E-state index in [9.17, 15) is 9.90 Å². The highest BCUT2D eigenvalue weighted by molar-refractivity contribution is 5.92. The van der Waals surface area contributed by atoms with Crippen LogP contribution in [-0.4, -0.2) is 42.3 Å². The van der Waals surface area contributed by atoms with Crippen LogP contribution >= 0.6 is 0 Å². The first-order chi connectivity index (χ1) is 15.1. The second kappa shape index (κ2) is 9.15. The highest BCUT2D eigenvalue weighted by atomic mass is 16.5. The van der Waals surface area contributed by atoms with Crippen molar-refractivity contribution in [3.8, 4) is 11.5 Å².